The maximum absolute atomic E-state index is 14.1. The van der Waals surface area contributed by atoms with Crippen LogP contribution in [0.4, 0.5) is 5.69 Å². The lowest BCUT2D eigenvalue weighted by molar-refractivity contribution is -0.140. The summed E-state index contributed by atoms with van der Waals surface area (Å²) < 4.78 is 34.0. The summed E-state index contributed by atoms with van der Waals surface area (Å²) in [4.78, 5) is 28.8. The van der Waals surface area contributed by atoms with Crippen LogP contribution in [0.25, 0.3) is 0 Å². The van der Waals surface area contributed by atoms with E-state index in [9.17, 15) is 18.0 Å². The lowest BCUT2D eigenvalue weighted by Gasteiger charge is -2.33. The fourth-order valence-corrected chi connectivity index (χ4v) is 6.28. The van der Waals surface area contributed by atoms with Crippen LogP contribution >= 0.6 is 23.2 Å². The highest BCUT2D eigenvalue weighted by atomic mass is 35.5. The molecule has 0 aliphatic carbocycles. The average Bonchev–Trinajstić information content (AvgIpc) is 2.97. The maximum Gasteiger partial charge on any atom is 0.264 e. The molecule has 3 aromatic rings. The van der Waals surface area contributed by atoms with Crippen LogP contribution in [0.3, 0.4) is 0 Å². The molecule has 3 rings (SSSR count). The Hall–Kier alpha value is -3.27. The van der Waals surface area contributed by atoms with Crippen molar-refractivity contribution >= 4 is 50.7 Å². The third-order valence-corrected chi connectivity index (χ3v) is 8.83. The van der Waals surface area contributed by atoms with E-state index in [1.807, 2.05) is 13.8 Å². The molecular weight excluding hydrogens is 585 g/mol. The Balaban J connectivity index is 2.05. The van der Waals surface area contributed by atoms with E-state index in [-0.39, 0.29) is 28.1 Å². The minimum absolute atomic E-state index is 0.00938. The van der Waals surface area contributed by atoms with Gasteiger partial charge in [0.05, 0.1) is 22.7 Å². The molecule has 0 unspecified atom stereocenters. The molecule has 0 aliphatic rings. The molecule has 0 radical (unpaired) electrons. The van der Waals surface area contributed by atoms with E-state index in [0.29, 0.717) is 23.7 Å². The van der Waals surface area contributed by atoms with Crippen molar-refractivity contribution in [2.24, 2.45) is 0 Å². The van der Waals surface area contributed by atoms with Gasteiger partial charge >= 0.3 is 0 Å². The van der Waals surface area contributed by atoms with Gasteiger partial charge in [0.2, 0.25) is 11.8 Å². The summed E-state index contributed by atoms with van der Waals surface area (Å²) in [5.74, 6) is -0.220. The Morgan fingerprint density at radius 2 is 1.66 bits per heavy atom. The number of sulfonamides is 1. The molecule has 0 heterocycles. The molecule has 0 saturated carbocycles. The Morgan fingerprint density at radius 1 is 0.976 bits per heavy atom. The summed E-state index contributed by atoms with van der Waals surface area (Å²) in [7, 11) is -2.67. The molecule has 2 amide bonds. The Kier molecular flexibility index (Phi) is 11.9. The van der Waals surface area contributed by atoms with Crippen molar-refractivity contribution in [1.29, 1.82) is 0 Å². The number of unbranched alkanes of at least 4 members (excludes halogenated alkanes) is 1. The van der Waals surface area contributed by atoms with E-state index in [1.165, 1.54) is 35.2 Å². The number of carbonyl (C=O) groups excluding carboxylic acids is 2. The molecule has 220 valence electrons. The number of rotatable bonds is 14. The molecule has 0 aromatic heterocycles. The molecule has 0 spiro atoms. The third kappa shape index (κ3) is 8.38. The number of benzene rings is 3. The summed E-state index contributed by atoms with van der Waals surface area (Å²) in [6.45, 7) is 3.80. The number of anilines is 1. The van der Waals surface area contributed by atoms with Gasteiger partial charge in [0.1, 0.15) is 18.3 Å². The normalized spacial score (nSPS) is 11.9. The molecule has 1 atom stereocenters. The second-order valence-electron chi connectivity index (χ2n) is 9.36. The fourth-order valence-electron chi connectivity index (χ4n) is 4.27. The Bertz CT molecular complexity index is 1420. The number of ether oxygens (including phenoxy) is 1. The third-order valence-electron chi connectivity index (χ3n) is 6.52. The molecule has 3 aromatic carbocycles. The van der Waals surface area contributed by atoms with Crippen LogP contribution < -0.4 is 14.4 Å². The monoisotopic (exact) mass is 619 g/mol. The lowest BCUT2D eigenvalue weighted by atomic mass is 10.1. The molecule has 8 nitrogen and oxygen atoms in total. The maximum atomic E-state index is 14.1. The lowest BCUT2D eigenvalue weighted by Crippen LogP contribution is -2.52. The number of hydrogen-bond acceptors (Lipinski definition) is 5. The second kappa shape index (κ2) is 15.1. The van der Waals surface area contributed by atoms with Crippen LogP contribution in [0.2, 0.25) is 10.0 Å². The first kappa shape index (κ1) is 32.2. The van der Waals surface area contributed by atoms with Gasteiger partial charge in [-0.15, -0.1) is 0 Å². The van der Waals surface area contributed by atoms with Crippen molar-refractivity contribution < 1.29 is 22.7 Å². The molecule has 0 saturated heterocycles. The van der Waals surface area contributed by atoms with Gasteiger partial charge in [0, 0.05) is 18.1 Å². The first-order valence-corrected chi connectivity index (χ1v) is 15.5. The molecule has 1 N–H and O–H groups in total. The zero-order valence-corrected chi connectivity index (χ0v) is 25.7. The summed E-state index contributed by atoms with van der Waals surface area (Å²) in [6.07, 6.45) is 2.03. The zero-order valence-electron chi connectivity index (χ0n) is 23.3. The predicted molar refractivity (Wildman–Crippen MR) is 163 cm³/mol. The molecular formula is C30H35Cl2N3O5S. The van der Waals surface area contributed by atoms with Crippen LogP contribution in [-0.2, 0) is 26.2 Å². The van der Waals surface area contributed by atoms with Gasteiger partial charge in [-0.2, -0.15) is 0 Å². The summed E-state index contributed by atoms with van der Waals surface area (Å²) in [5, 5.41) is 3.29. The molecule has 0 aliphatic heterocycles. The highest BCUT2D eigenvalue weighted by Crippen LogP contribution is 2.33. The average molecular weight is 621 g/mol. The minimum Gasteiger partial charge on any atom is -0.497 e. The van der Waals surface area contributed by atoms with Crippen LogP contribution in [0.15, 0.2) is 77.7 Å². The van der Waals surface area contributed by atoms with E-state index in [4.69, 9.17) is 27.9 Å². The van der Waals surface area contributed by atoms with Gasteiger partial charge in [-0.25, -0.2) is 8.42 Å². The van der Waals surface area contributed by atoms with Gasteiger partial charge in [-0.1, -0.05) is 73.8 Å². The smallest absolute Gasteiger partial charge is 0.264 e. The van der Waals surface area contributed by atoms with Crippen molar-refractivity contribution in [3.05, 3.63) is 88.4 Å². The standard InChI is InChI=1S/C30H35Cl2N3O5S/c1-4-6-18-33-30(37)27(5-2)34(20-22-12-15-24(40-3)16-13-22)29(36)21-35(28-17-14-23(31)19-26(28)32)41(38,39)25-10-8-7-9-11-25/h7-17,19,27H,4-6,18,20-21H2,1-3H3,(H,33,37)/t27-/m0/s1. The number of amides is 2. The summed E-state index contributed by atoms with van der Waals surface area (Å²) in [6, 6.07) is 18.5. The van der Waals surface area contributed by atoms with Crippen molar-refractivity contribution in [3.63, 3.8) is 0 Å². The van der Waals surface area contributed by atoms with Crippen molar-refractivity contribution in [2.45, 2.75) is 50.6 Å². The van der Waals surface area contributed by atoms with Gasteiger partial charge < -0.3 is 15.0 Å². The van der Waals surface area contributed by atoms with Crippen molar-refractivity contribution in [3.8, 4) is 5.75 Å². The Morgan fingerprint density at radius 3 is 2.24 bits per heavy atom. The van der Waals surface area contributed by atoms with E-state index in [1.54, 1.807) is 49.6 Å². The highest BCUT2D eigenvalue weighted by Gasteiger charge is 2.34. The first-order chi connectivity index (χ1) is 19.6. The topological polar surface area (TPSA) is 96.0 Å². The van der Waals surface area contributed by atoms with Crippen LogP contribution in [-0.4, -0.2) is 51.4 Å². The van der Waals surface area contributed by atoms with E-state index in [2.05, 4.69) is 5.32 Å². The number of hydrogen-bond donors (Lipinski definition) is 1. The molecule has 0 fully saturated rings. The number of nitrogens with zero attached hydrogens (tertiary/aromatic N) is 2. The van der Waals surface area contributed by atoms with Gasteiger partial charge in [0.15, 0.2) is 0 Å². The number of carbonyl (C=O) groups is 2. The van der Waals surface area contributed by atoms with Crippen LogP contribution in [0.5, 0.6) is 5.75 Å². The number of nitrogens with one attached hydrogen (secondary N) is 1. The van der Waals surface area contributed by atoms with E-state index < -0.39 is 28.5 Å². The predicted octanol–water partition coefficient (Wildman–Crippen LogP) is 5.92. The number of methoxy groups -OCH3 is 1. The molecule has 11 heteroatoms. The van der Waals surface area contributed by atoms with Gasteiger partial charge in [-0.3, -0.25) is 13.9 Å². The highest BCUT2D eigenvalue weighted by molar-refractivity contribution is 7.92. The van der Waals surface area contributed by atoms with Crippen molar-refractivity contribution in [2.75, 3.05) is 24.5 Å². The van der Waals surface area contributed by atoms with Crippen LogP contribution in [0, 0.1) is 0 Å². The first-order valence-electron chi connectivity index (χ1n) is 13.3. The zero-order chi connectivity index (χ0) is 30.0. The van der Waals surface area contributed by atoms with Crippen molar-refractivity contribution in [1.82, 2.24) is 10.2 Å². The summed E-state index contributed by atoms with van der Waals surface area (Å²) in [5.41, 5.74) is 0.846. The molecule has 0 bridgehead atoms. The SMILES string of the molecule is CCCCNC(=O)[C@H](CC)N(Cc1ccc(OC)cc1)C(=O)CN(c1ccc(Cl)cc1Cl)S(=O)(=O)c1ccccc1. The Labute approximate surface area is 252 Å². The van der Waals surface area contributed by atoms with Gasteiger partial charge in [-0.05, 0) is 60.9 Å². The quantitative estimate of drug-likeness (QED) is 0.226. The fraction of sp³-hybridized carbons (Fsp3) is 0.333. The minimum atomic E-state index is -4.23. The summed E-state index contributed by atoms with van der Waals surface area (Å²) >= 11 is 12.5. The van der Waals surface area contributed by atoms with Crippen LogP contribution in [0.1, 0.15) is 38.7 Å². The van der Waals surface area contributed by atoms with E-state index in [0.717, 1.165) is 22.7 Å². The molecule has 41 heavy (non-hydrogen) atoms. The van der Waals surface area contributed by atoms with E-state index >= 15 is 0 Å². The van der Waals surface area contributed by atoms with Gasteiger partial charge in [0.25, 0.3) is 10.0 Å². The second-order valence-corrected chi connectivity index (χ2v) is 12.1. The largest absolute Gasteiger partial charge is 0.497 e. The number of halogens is 2.